The van der Waals surface area contributed by atoms with Gasteiger partial charge in [-0.05, 0) is 56.2 Å². The van der Waals surface area contributed by atoms with Gasteiger partial charge in [-0.3, -0.25) is 9.59 Å². The summed E-state index contributed by atoms with van der Waals surface area (Å²) in [5.74, 6) is -0.204. The standard InChI is InChI=1S/C26H23ClN2O3/c1-4-32-19-9-7-8-18(15-19)28-24-23(20-13-12-16(2)14-17(20)3)25(30)29(26(24)31)22-11-6-5-10-21(22)27/h5-15,28H,4H2,1-3H3. The van der Waals surface area contributed by atoms with E-state index in [2.05, 4.69) is 5.32 Å². The smallest absolute Gasteiger partial charge is 0.282 e. The fourth-order valence-corrected chi connectivity index (χ4v) is 4.04. The number of carbonyl (C=O) groups is 2. The van der Waals surface area contributed by atoms with Crippen molar-refractivity contribution in [3.05, 3.63) is 94.1 Å². The third kappa shape index (κ3) is 3.99. The van der Waals surface area contributed by atoms with Crippen molar-refractivity contribution in [3.8, 4) is 5.75 Å². The average molecular weight is 447 g/mol. The van der Waals surface area contributed by atoms with Crippen molar-refractivity contribution in [2.24, 2.45) is 0 Å². The number of nitrogens with zero attached hydrogens (tertiary/aromatic N) is 1. The summed E-state index contributed by atoms with van der Waals surface area (Å²) < 4.78 is 5.57. The van der Waals surface area contributed by atoms with E-state index in [0.29, 0.717) is 39.9 Å². The molecule has 0 saturated carbocycles. The van der Waals surface area contributed by atoms with E-state index in [4.69, 9.17) is 16.3 Å². The molecule has 6 heteroatoms. The quantitative estimate of drug-likeness (QED) is 0.489. The lowest BCUT2D eigenvalue weighted by Crippen LogP contribution is -2.32. The number of anilines is 2. The second-order valence-electron chi connectivity index (χ2n) is 7.55. The van der Waals surface area contributed by atoms with Crippen LogP contribution >= 0.6 is 11.6 Å². The van der Waals surface area contributed by atoms with E-state index < -0.39 is 11.8 Å². The minimum absolute atomic E-state index is 0.204. The Balaban J connectivity index is 1.85. The van der Waals surface area contributed by atoms with Crippen LogP contribution in [0.5, 0.6) is 5.75 Å². The van der Waals surface area contributed by atoms with E-state index in [-0.39, 0.29) is 5.70 Å². The van der Waals surface area contributed by atoms with Gasteiger partial charge in [-0.15, -0.1) is 0 Å². The van der Waals surface area contributed by atoms with Crippen LogP contribution in [0.25, 0.3) is 5.57 Å². The summed E-state index contributed by atoms with van der Waals surface area (Å²) in [6, 6.07) is 19.9. The summed E-state index contributed by atoms with van der Waals surface area (Å²) in [7, 11) is 0. The normalized spacial score (nSPS) is 13.7. The highest BCUT2D eigenvalue weighted by Crippen LogP contribution is 2.37. The zero-order valence-corrected chi connectivity index (χ0v) is 18.9. The van der Waals surface area contributed by atoms with E-state index in [0.717, 1.165) is 16.0 Å². The summed E-state index contributed by atoms with van der Waals surface area (Å²) in [6.45, 7) is 6.35. The first-order valence-corrected chi connectivity index (χ1v) is 10.7. The second-order valence-corrected chi connectivity index (χ2v) is 7.96. The molecule has 3 aromatic rings. The van der Waals surface area contributed by atoms with E-state index in [1.165, 1.54) is 0 Å². The molecule has 3 aromatic carbocycles. The second kappa shape index (κ2) is 8.89. The molecule has 162 valence electrons. The highest BCUT2D eigenvalue weighted by molar-refractivity contribution is 6.48. The number of ether oxygens (including phenoxy) is 1. The van der Waals surface area contributed by atoms with E-state index >= 15 is 0 Å². The molecule has 0 spiro atoms. The van der Waals surface area contributed by atoms with Gasteiger partial charge in [0.05, 0.1) is 22.9 Å². The zero-order chi connectivity index (χ0) is 22.8. The van der Waals surface area contributed by atoms with Crippen LogP contribution in [0.15, 0.2) is 72.4 Å². The van der Waals surface area contributed by atoms with Crippen molar-refractivity contribution in [2.45, 2.75) is 20.8 Å². The molecule has 2 amide bonds. The fourth-order valence-electron chi connectivity index (χ4n) is 3.82. The molecule has 0 saturated heterocycles. The van der Waals surface area contributed by atoms with Crippen molar-refractivity contribution < 1.29 is 14.3 Å². The maximum absolute atomic E-state index is 13.6. The number of halogens is 1. The predicted molar refractivity (Wildman–Crippen MR) is 128 cm³/mol. The third-order valence-corrected chi connectivity index (χ3v) is 5.56. The van der Waals surface area contributed by atoms with Crippen LogP contribution in [0.4, 0.5) is 11.4 Å². The Kier molecular flexibility index (Phi) is 6.01. The summed E-state index contributed by atoms with van der Waals surface area (Å²) >= 11 is 6.34. The third-order valence-electron chi connectivity index (χ3n) is 5.24. The maximum atomic E-state index is 13.6. The Morgan fingerprint density at radius 3 is 2.44 bits per heavy atom. The highest BCUT2D eigenvalue weighted by atomic mass is 35.5. The summed E-state index contributed by atoms with van der Waals surface area (Å²) in [5, 5.41) is 3.50. The highest BCUT2D eigenvalue weighted by Gasteiger charge is 2.41. The molecule has 0 unspecified atom stereocenters. The van der Waals surface area contributed by atoms with Gasteiger partial charge in [-0.1, -0.05) is 53.6 Å². The van der Waals surface area contributed by atoms with Crippen LogP contribution in [-0.2, 0) is 9.59 Å². The number of rotatable bonds is 6. The number of aryl methyl sites for hydroxylation is 2. The Labute approximate surface area is 192 Å². The average Bonchev–Trinajstić information content (AvgIpc) is 2.99. The molecular formula is C26H23ClN2O3. The van der Waals surface area contributed by atoms with Crippen LogP contribution in [0.1, 0.15) is 23.6 Å². The van der Waals surface area contributed by atoms with Crippen LogP contribution in [0, 0.1) is 13.8 Å². The van der Waals surface area contributed by atoms with Gasteiger partial charge in [-0.2, -0.15) is 0 Å². The topological polar surface area (TPSA) is 58.6 Å². The van der Waals surface area contributed by atoms with Crippen LogP contribution in [-0.4, -0.2) is 18.4 Å². The van der Waals surface area contributed by atoms with Gasteiger partial charge >= 0.3 is 0 Å². The molecule has 4 rings (SSSR count). The zero-order valence-electron chi connectivity index (χ0n) is 18.1. The molecule has 0 aliphatic carbocycles. The first kappa shape index (κ1) is 21.7. The molecule has 0 aromatic heterocycles. The number of nitrogens with one attached hydrogen (secondary N) is 1. The number of hydrogen-bond acceptors (Lipinski definition) is 4. The van der Waals surface area contributed by atoms with Gasteiger partial charge in [0.2, 0.25) is 0 Å². The van der Waals surface area contributed by atoms with Gasteiger partial charge in [0, 0.05) is 11.8 Å². The largest absolute Gasteiger partial charge is 0.494 e. The van der Waals surface area contributed by atoms with Crippen molar-refractivity contribution >= 4 is 40.4 Å². The van der Waals surface area contributed by atoms with Crippen molar-refractivity contribution in [3.63, 3.8) is 0 Å². The summed E-state index contributed by atoms with van der Waals surface area (Å²) in [4.78, 5) is 28.3. The lowest BCUT2D eigenvalue weighted by Gasteiger charge is -2.17. The molecule has 1 heterocycles. The van der Waals surface area contributed by atoms with Gasteiger partial charge in [0.25, 0.3) is 11.8 Å². The van der Waals surface area contributed by atoms with E-state index in [1.54, 1.807) is 30.3 Å². The molecule has 5 nitrogen and oxygen atoms in total. The van der Waals surface area contributed by atoms with E-state index in [9.17, 15) is 9.59 Å². The molecule has 0 radical (unpaired) electrons. The van der Waals surface area contributed by atoms with Crippen molar-refractivity contribution in [1.82, 2.24) is 0 Å². The number of carbonyl (C=O) groups excluding carboxylic acids is 2. The minimum atomic E-state index is -0.458. The first-order chi connectivity index (χ1) is 15.4. The molecular weight excluding hydrogens is 424 g/mol. The molecule has 0 bridgehead atoms. The number of amides is 2. The molecule has 1 N–H and O–H groups in total. The lowest BCUT2D eigenvalue weighted by atomic mass is 9.97. The van der Waals surface area contributed by atoms with Crippen LogP contribution in [0.3, 0.4) is 0 Å². The molecule has 1 aliphatic rings. The Morgan fingerprint density at radius 1 is 0.938 bits per heavy atom. The maximum Gasteiger partial charge on any atom is 0.282 e. The summed E-state index contributed by atoms with van der Waals surface area (Å²) in [6.07, 6.45) is 0. The number of para-hydroxylation sites is 1. The van der Waals surface area contributed by atoms with Gasteiger partial charge in [-0.25, -0.2) is 4.90 Å². The minimum Gasteiger partial charge on any atom is -0.494 e. The Hall–Kier alpha value is -3.57. The first-order valence-electron chi connectivity index (χ1n) is 10.4. The van der Waals surface area contributed by atoms with Gasteiger partial charge in [0.15, 0.2) is 0 Å². The summed E-state index contributed by atoms with van der Waals surface area (Å²) in [5.41, 5.74) is 4.20. The Morgan fingerprint density at radius 2 is 1.72 bits per heavy atom. The van der Waals surface area contributed by atoms with Crippen molar-refractivity contribution in [1.29, 1.82) is 0 Å². The van der Waals surface area contributed by atoms with Crippen molar-refractivity contribution in [2.75, 3.05) is 16.8 Å². The number of hydrogen-bond donors (Lipinski definition) is 1. The fraction of sp³-hybridized carbons (Fsp3) is 0.154. The van der Waals surface area contributed by atoms with Gasteiger partial charge in [0.1, 0.15) is 11.4 Å². The molecule has 0 atom stereocenters. The molecule has 1 aliphatic heterocycles. The van der Waals surface area contributed by atoms with Gasteiger partial charge < -0.3 is 10.1 Å². The lowest BCUT2D eigenvalue weighted by molar-refractivity contribution is -0.120. The molecule has 0 fully saturated rings. The monoisotopic (exact) mass is 446 g/mol. The Bertz CT molecular complexity index is 1250. The number of imide groups is 1. The van der Waals surface area contributed by atoms with Crippen LogP contribution < -0.4 is 15.0 Å². The SMILES string of the molecule is CCOc1cccc(NC2=C(c3ccc(C)cc3C)C(=O)N(c3ccccc3Cl)C2=O)c1. The predicted octanol–water partition coefficient (Wildman–Crippen LogP) is 5.75. The van der Waals surface area contributed by atoms with E-state index in [1.807, 2.05) is 57.2 Å². The number of benzene rings is 3. The molecule has 32 heavy (non-hydrogen) atoms. The van der Waals surface area contributed by atoms with Crippen LogP contribution in [0.2, 0.25) is 5.02 Å².